The summed E-state index contributed by atoms with van der Waals surface area (Å²) in [6.45, 7) is 6.64. The van der Waals surface area contributed by atoms with Crippen molar-refractivity contribution in [1.29, 1.82) is 0 Å². The Morgan fingerprint density at radius 1 is 1.46 bits per heavy atom. The van der Waals surface area contributed by atoms with Gasteiger partial charge in [-0.05, 0) is 17.5 Å². The van der Waals surface area contributed by atoms with E-state index in [4.69, 9.17) is 0 Å². The van der Waals surface area contributed by atoms with Gasteiger partial charge in [-0.25, -0.2) is 0 Å². The molecule has 1 aromatic heterocycles. The summed E-state index contributed by atoms with van der Waals surface area (Å²) in [7, 11) is -1.23. The van der Waals surface area contributed by atoms with Crippen molar-refractivity contribution in [3.63, 3.8) is 0 Å². The van der Waals surface area contributed by atoms with Gasteiger partial charge in [-0.1, -0.05) is 31.4 Å². The Hall–Kier alpha value is -0.673. The van der Waals surface area contributed by atoms with Crippen LogP contribution in [-0.2, 0) is 0 Å². The summed E-state index contributed by atoms with van der Waals surface area (Å²) in [6.07, 6.45) is 1.72. The fourth-order valence-corrected chi connectivity index (χ4v) is 2.12. The van der Waals surface area contributed by atoms with Crippen molar-refractivity contribution in [2.75, 3.05) is 0 Å². The number of carbonyl (C=O) groups excluding carboxylic acids is 1. The molecule has 0 unspecified atom stereocenters. The lowest BCUT2D eigenvalue weighted by Crippen LogP contribution is -2.16. The van der Waals surface area contributed by atoms with Gasteiger partial charge in [-0.2, -0.15) is 0 Å². The molecular formula is C10H14OSSi. The van der Waals surface area contributed by atoms with Gasteiger partial charge >= 0.3 is 0 Å². The molecule has 0 aliphatic carbocycles. The number of hydrogen-bond donors (Lipinski definition) is 0. The van der Waals surface area contributed by atoms with Crippen LogP contribution in [0.5, 0.6) is 0 Å². The van der Waals surface area contributed by atoms with E-state index in [1.165, 1.54) is 11.3 Å². The number of allylic oxidation sites excluding steroid dienone is 1. The number of carbonyl (C=O) groups is 1. The van der Waals surface area contributed by atoms with E-state index in [9.17, 15) is 4.79 Å². The molecule has 0 atom stereocenters. The fourth-order valence-electron chi connectivity index (χ4n) is 0.827. The van der Waals surface area contributed by atoms with Crippen LogP contribution in [0.2, 0.25) is 19.6 Å². The summed E-state index contributed by atoms with van der Waals surface area (Å²) in [5.41, 5.74) is 2.08. The molecule has 0 radical (unpaired) electrons. The van der Waals surface area contributed by atoms with E-state index in [0.29, 0.717) is 0 Å². The van der Waals surface area contributed by atoms with Gasteiger partial charge in [0.2, 0.25) is 0 Å². The first-order valence-corrected chi connectivity index (χ1v) is 8.72. The summed E-state index contributed by atoms with van der Waals surface area (Å²) in [5, 5.41) is 1.93. The second-order valence-corrected chi connectivity index (χ2v) is 10.1. The Kier molecular flexibility index (Phi) is 3.22. The zero-order chi connectivity index (χ0) is 9.90. The Labute approximate surface area is 84.1 Å². The SMILES string of the molecule is C[Si](C)(C)/C=C/C(=O)c1cccs1. The molecule has 1 rings (SSSR count). The second kappa shape index (κ2) is 4.02. The third-order valence-electron chi connectivity index (χ3n) is 1.50. The normalized spacial score (nSPS) is 12.2. The van der Waals surface area contributed by atoms with Crippen molar-refractivity contribution >= 4 is 25.2 Å². The number of hydrogen-bond acceptors (Lipinski definition) is 2. The highest BCUT2D eigenvalue weighted by Crippen LogP contribution is 2.11. The zero-order valence-corrected chi connectivity index (χ0v) is 10.0. The third-order valence-corrected chi connectivity index (χ3v) is 3.55. The predicted molar refractivity (Wildman–Crippen MR) is 61.1 cm³/mol. The van der Waals surface area contributed by atoms with Gasteiger partial charge in [-0.15, -0.1) is 11.3 Å². The lowest BCUT2D eigenvalue weighted by molar-refractivity contribution is 0.105. The highest BCUT2D eigenvalue weighted by molar-refractivity contribution is 7.12. The van der Waals surface area contributed by atoms with Crippen molar-refractivity contribution in [2.45, 2.75) is 19.6 Å². The maximum Gasteiger partial charge on any atom is 0.195 e. The molecule has 0 aliphatic heterocycles. The maximum atomic E-state index is 11.5. The summed E-state index contributed by atoms with van der Waals surface area (Å²) >= 11 is 1.50. The smallest absolute Gasteiger partial charge is 0.195 e. The largest absolute Gasteiger partial charge is 0.288 e. The van der Waals surface area contributed by atoms with Crippen LogP contribution in [0.4, 0.5) is 0 Å². The van der Waals surface area contributed by atoms with Crippen LogP contribution in [0, 0.1) is 0 Å². The average molecular weight is 210 g/mol. The van der Waals surface area contributed by atoms with Crippen molar-refractivity contribution in [1.82, 2.24) is 0 Å². The molecular weight excluding hydrogens is 196 g/mol. The molecule has 0 aromatic carbocycles. The molecule has 0 fully saturated rings. The summed E-state index contributed by atoms with van der Waals surface area (Å²) in [6, 6.07) is 3.77. The molecule has 1 nitrogen and oxygen atoms in total. The van der Waals surface area contributed by atoms with Crippen LogP contribution in [0.25, 0.3) is 0 Å². The van der Waals surface area contributed by atoms with Gasteiger partial charge in [-0.3, -0.25) is 4.79 Å². The third kappa shape index (κ3) is 3.70. The summed E-state index contributed by atoms with van der Waals surface area (Å²) in [5.74, 6) is 0.137. The molecule has 0 amide bonds. The monoisotopic (exact) mass is 210 g/mol. The van der Waals surface area contributed by atoms with E-state index < -0.39 is 8.07 Å². The lowest BCUT2D eigenvalue weighted by atomic mass is 10.3. The van der Waals surface area contributed by atoms with Gasteiger partial charge in [0.05, 0.1) is 13.0 Å². The molecule has 3 heteroatoms. The number of thiophene rings is 1. The number of rotatable bonds is 3. The average Bonchev–Trinajstić information content (AvgIpc) is 2.50. The second-order valence-electron chi connectivity index (χ2n) is 4.04. The maximum absolute atomic E-state index is 11.5. The molecule has 0 bridgehead atoms. The van der Waals surface area contributed by atoms with Gasteiger partial charge < -0.3 is 0 Å². The molecule has 0 saturated heterocycles. The zero-order valence-electron chi connectivity index (χ0n) is 8.20. The Morgan fingerprint density at radius 2 is 2.15 bits per heavy atom. The lowest BCUT2D eigenvalue weighted by Gasteiger charge is -2.06. The van der Waals surface area contributed by atoms with Crippen LogP contribution in [0.1, 0.15) is 9.67 Å². The molecule has 1 aromatic rings. The van der Waals surface area contributed by atoms with Crippen LogP contribution < -0.4 is 0 Å². The van der Waals surface area contributed by atoms with E-state index in [1.807, 2.05) is 17.5 Å². The molecule has 0 spiro atoms. The van der Waals surface area contributed by atoms with E-state index in [-0.39, 0.29) is 5.78 Å². The highest BCUT2D eigenvalue weighted by atomic mass is 32.1. The van der Waals surface area contributed by atoms with Crippen LogP contribution >= 0.6 is 11.3 Å². The quantitative estimate of drug-likeness (QED) is 0.425. The van der Waals surface area contributed by atoms with Crippen LogP contribution in [-0.4, -0.2) is 13.9 Å². The minimum Gasteiger partial charge on any atom is -0.288 e. The molecule has 70 valence electrons. The summed E-state index contributed by atoms with van der Waals surface area (Å²) < 4.78 is 0. The Balaban J connectivity index is 2.67. The van der Waals surface area contributed by atoms with Crippen molar-refractivity contribution in [2.24, 2.45) is 0 Å². The summed E-state index contributed by atoms with van der Waals surface area (Å²) in [4.78, 5) is 12.3. The first-order chi connectivity index (χ1) is 5.99. The fraction of sp³-hybridized carbons (Fsp3) is 0.300. The van der Waals surface area contributed by atoms with Gasteiger partial charge in [0.25, 0.3) is 0 Å². The van der Waals surface area contributed by atoms with Gasteiger partial charge in [0.1, 0.15) is 0 Å². The van der Waals surface area contributed by atoms with Gasteiger partial charge in [0.15, 0.2) is 5.78 Å². The predicted octanol–water partition coefficient (Wildman–Crippen LogP) is 3.36. The molecule has 13 heavy (non-hydrogen) atoms. The topological polar surface area (TPSA) is 17.1 Å². The minimum atomic E-state index is -1.23. The Bertz CT molecular complexity index is 306. The van der Waals surface area contributed by atoms with Crippen LogP contribution in [0.15, 0.2) is 29.3 Å². The van der Waals surface area contributed by atoms with E-state index in [0.717, 1.165) is 4.88 Å². The molecule has 0 aliphatic rings. The van der Waals surface area contributed by atoms with Gasteiger partial charge in [0, 0.05) is 0 Å². The number of ketones is 1. The van der Waals surface area contributed by atoms with Crippen molar-refractivity contribution in [3.05, 3.63) is 34.2 Å². The van der Waals surface area contributed by atoms with E-state index in [2.05, 4.69) is 25.3 Å². The minimum absolute atomic E-state index is 0.137. The van der Waals surface area contributed by atoms with E-state index >= 15 is 0 Å². The standard InChI is InChI=1S/C10H14OSSi/c1-13(2,3)8-6-9(11)10-5-4-7-12-10/h4-8H,1-3H3/b8-6+. The van der Waals surface area contributed by atoms with Crippen molar-refractivity contribution in [3.8, 4) is 0 Å². The first-order valence-electron chi connectivity index (χ1n) is 4.26. The molecule has 1 heterocycles. The van der Waals surface area contributed by atoms with Crippen molar-refractivity contribution < 1.29 is 4.79 Å². The molecule has 0 saturated carbocycles. The Morgan fingerprint density at radius 3 is 2.62 bits per heavy atom. The van der Waals surface area contributed by atoms with E-state index in [1.54, 1.807) is 6.08 Å². The van der Waals surface area contributed by atoms with Crippen LogP contribution in [0.3, 0.4) is 0 Å². The highest BCUT2D eigenvalue weighted by Gasteiger charge is 2.09. The molecule has 0 N–H and O–H groups in total. The first kappa shape index (κ1) is 10.4.